The van der Waals surface area contributed by atoms with E-state index >= 15 is 0 Å². The lowest BCUT2D eigenvalue weighted by molar-refractivity contribution is 1.22. The number of hydrogen-bond acceptors (Lipinski definition) is 3. The average Bonchev–Trinajstić information content (AvgIpc) is 2.39. The third kappa shape index (κ3) is 3.20. The number of rotatable bonds is 2. The molecule has 3 nitrogen and oxygen atoms in total. The fourth-order valence-corrected chi connectivity index (χ4v) is 2.38. The zero-order chi connectivity index (χ0) is 13.2. The quantitative estimate of drug-likeness (QED) is 0.672. The lowest BCUT2D eigenvalue weighted by Crippen LogP contribution is -1.95. The molecule has 0 aliphatic carbocycles. The number of benzene rings is 2. The lowest BCUT2D eigenvalue weighted by Gasteiger charge is -2.08. The minimum Gasteiger partial charge on any atom is -0.340 e. The number of nitrogens with zero attached hydrogens (tertiary/aromatic N) is 2. The van der Waals surface area contributed by atoms with E-state index in [1.54, 1.807) is 6.33 Å². The molecule has 0 saturated carbocycles. The summed E-state index contributed by atoms with van der Waals surface area (Å²) in [6, 6.07) is 13.4. The van der Waals surface area contributed by atoms with Gasteiger partial charge in [0.05, 0.1) is 5.52 Å². The van der Waals surface area contributed by atoms with Crippen molar-refractivity contribution in [2.24, 2.45) is 0 Å². The molecule has 3 rings (SSSR count). The Hall–Kier alpha value is -1.36. The Bertz CT molecular complexity index is 749. The van der Waals surface area contributed by atoms with Crippen molar-refractivity contribution in [2.75, 3.05) is 5.32 Å². The smallest absolute Gasteiger partial charge is 0.141 e. The Balaban J connectivity index is 0.00000147. The average molecular weight is 371 g/mol. The van der Waals surface area contributed by atoms with E-state index in [1.807, 2.05) is 42.5 Å². The molecule has 0 saturated heterocycles. The van der Waals surface area contributed by atoms with Gasteiger partial charge in [-0.15, -0.1) is 12.4 Å². The second kappa shape index (κ2) is 6.39. The van der Waals surface area contributed by atoms with Gasteiger partial charge in [-0.25, -0.2) is 9.97 Å². The second-order valence-electron chi connectivity index (χ2n) is 4.02. The van der Waals surface area contributed by atoms with E-state index in [9.17, 15) is 0 Å². The van der Waals surface area contributed by atoms with E-state index in [1.165, 1.54) is 0 Å². The fourth-order valence-electron chi connectivity index (χ4n) is 1.83. The molecule has 0 unspecified atom stereocenters. The van der Waals surface area contributed by atoms with Crippen LogP contribution in [0.15, 0.2) is 53.3 Å². The summed E-state index contributed by atoms with van der Waals surface area (Å²) in [6.45, 7) is 0. The van der Waals surface area contributed by atoms with Crippen LogP contribution in [0.3, 0.4) is 0 Å². The van der Waals surface area contributed by atoms with Gasteiger partial charge in [-0.05, 0) is 36.4 Å². The molecule has 0 radical (unpaired) electrons. The molecule has 1 heterocycles. The summed E-state index contributed by atoms with van der Waals surface area (Å²) in [6.07, 6.45) is 1.54. The summed E-state index contributed by atoms with van der Waals surface area (Å²) in [5, 5.41) is 4.90. The molecule has 0 spiro atoms. The zero-order valence-electron chi connectivity index (χ0n) is 10.2. The van der Waals surface area contributed by atoms with Gasteiger partial charge in [-0.2, -0.15) is 0 Å². The van der Waals surface area contributed by atoms with E-state index in [-0.39, 0.29) is 12.4 Å². The predicted octanol–water partition coefficient (Wildman–Crippen LogP) is 5.21. The fraction of sp³-hybridized carbons (Fsp3) is 0. The Kier molecular flexibility index (Phi) is 4.81. The normalized spacial score (nSPS) is 10.1. The van der Waals surface area contributed by atoms with Crippen LogP contribution in [0, 0.1) is 0 Å². The van der Waals surface area contributed by atoms with E-state index in [2.05, 4.69) is 31.2 Å². The molecule has 0 fully saturated rings. The predicted molar refractivity (Wildman–Crippen MR) is 89.2 cm³/mol. The van der Waals surface area contributed by atoms with Gasteiger partial charge in [-0.3, -0.25) is 0 Å². The number of anilines is 2. The van der Waals surface area contributed by atoms with E-state index in [4.69, 9.17) is 11.6 Å². The van der Waals surface area contributed by atoms with Crippen molar-refractivity contribution in [3.8, 4) is 0 Å². The highest BCUT2D eigenvalue weighted by Crippen LogP contribution is 2.26. The molecule has 0 aliphatic rings. The largest absolute Gasteiger partial charge is 0.340 e. The summed E-state index contributed by atoms with van der Waals surface area (Å²) in [7, 11) is 0. The molecule has 1 N–H and O–H groups in total. The maximum absolute atomic E-state index is 5.97. The van der Waals surface area contributed by atoms with Gasteiger partial charge >= 0.3 is 0 Å². The Morgan fingerprint density at radius 2 is 1.90 bits per heavy atom. The molecule has 1 aromatic heterocycles. The van der Waals surface area contributed by atoms with Crippen LogP contribution in [0.5, 0.6) is 0 Å². The first-order valence-electron chi connectivity index (χ1n) is 5.65. The molecule has 0 atom stereocenters. The van der Waals surface area contributed by atoms with Gasteiger partial charge in [-0.1, -0.05) is 33.6 Å². The monoisotopic (exact) mass is 369 g/mol. The van der Waals surface area contributed by atoms with Crippen LogP contribution in [0.4, 0.5) is 11.5 Å². The maximum atomic E-state index is 5.97. The van der Waals surface area contributed by atoms with Gasteiger partial charge in [0.2, 0.25) is 0 Å². The topological polar surface area (TPSA) is 37.8 Å². The van der Waals surface area contributed by atoms with Gasteiger partial charge in [0.1, 0.15) is 12.1 Å². The van der Waals surface area contributed by atoms with Crippen LogP contribution in [0.2, 0.25) is 5.02 Å². The van der Waals surface area contributed by atoms with Crippen molar-refractivity contribution < 1.29 is 0 Å². The molecule has 20 heavy (non-hydrogen) atoms. The SMILES string of the molecule is Cl.Clc1cccc(Nc2ncnc3ccc(Br)cc23)c1. The standard InChI is InChI=1S/C14H9BrClN3.ClH/c15-9-4-5-13-12(6-9)14(18-8-17-13)19-11-3-1-2-10(16)7-11;/h1-8H,(H,17,18,19);1H. The van der Waals surface area contributed by atoms with E-state index in [0.717, 1.165) is 26.9 Å². The van der Waals surface area contributed by atoms with Gasteiger partial charge in [0.25, 0.3) is 0 Å². The van der Waals surface area contributed by atoms with Crippen LogP contribution in [-0.2, 0) is 0 Å². The minimum atomic E-state index is 0. The van der Waals surface area contributed by atoms with Crippen molar-refractivity contribution in [2.45, 2.75) is 0 Å². The van der Waals surface area contributed by atoms with Gasteiger partial charge in [0.15, 0.2) is 0 Å². The zero-order valence-corrected chi connectivity index (χ0v) is 13.3. The van der Waals surface area contributed by atoms with Gasteiger partial charge < -0.3 is 5.32 Å². The number of fused-ring (bicyclic) bond motifs is 1. The summed E-state index contributed by atoms with van der Waals surface area (Å²) in [5.41, 5.74) is 1.79. The summed E-state index contributed by atoms with van der Waals surface area (Å²) >= 11 is 9.43. The molecule has 6 heteroatoms. The molecule has 2 aromatic carbocycles. The summed E-state index contributed by atoms with van der Waals surface area (Å²) in [4.78, 5) is 8.53. The van der Waals surface area contributed by atoms with Crippen LogP contribution >= 0.6 is 39.9 Å². The van der Waals surface area contributed by atoms with Crippen molar-refractivity contribution >= 4 is 62.3 Å². The highest BCUT2D eigenvalue weighted by molar-refractivity contribution is 9.10. The number of halogens is 3. The van der Waals surface area contributed by atoms with Crippen molar-refractivity contribution in [3.05, 3.63) is 58.3 Å². The Morgan fingerprint density at radius 1 is 1.05 bits per heavy atom. The minimum absolute atomic E-state index is 0. The van der Waals surface area contributed by atoms with E-state index in [0.29, 0.717) is 5.02 Å². The first kappa shape index (κ1) is 15.0. The van der Waals surface area contributed by atoms with Crippen molar-refractivity contribution in [3.63, 3.8) is 0 Å². The molecule has 0 amide bonds. The second-order valence-corrected chi connectivity index (χ2v) is 5.37. The van der Waals surface area contributed by atoms with E-state index < -0.39 is 0 Å². The number of hydrogen-bond donors (Lipinski definition) is 1. The molecular formula is C14H10BrCl2N3. The lowest BCUT2D eigenvalue weighted by atomic mass is 10.2. The maximum Gasteiger partial charge on any atom is 0.141 e. The summed E-state index contributed by atoms with van der Waals surface area (Å²) in [5.74, 6) is 0.758. The van der Waals surface area contributed by atoms with Gasteiger partial charge in [0, 0.05) is 20.6 Å². The first-order valence-corrected chi connectivity index (χ1v) is 6.82. The third-order valence-corrected chi connectivity index (χ3v) is 3.41. The molecule has 102 valence electrons. The Labute approximate surface area is 135 Å². The van der Waals surface area contributed by atoms with Crippen molar-refractivity contribution in [1.82, 2.24) is 9.97 Å². The van der Waals surface area contributed by atoms with Crippen LogP contribution in [0.1, 0.15) is 0 Å². The number of aromatic nitrogens is 2. The highest BCUT2D eigenvalue weighted by Gasteiger charge is 2.04. The summed E-state index contributed by atoms with van der Waals surface area (Å²) < 4.78 is 0.990. The number of nitrogens with one attached hydrogen (secondary N) is 1. The van der Waals surface area contributed by atoms with Crippen LogP contribution < -0.4 is 5.32 Å². The molecule has 0 bridgehead atoms. The van der Waals surface area contributed by atoms with Crippen molar-refractivity contribution in [1.29, 1.82) is 0 Å². The highest BCUT2D eigenvalue weighted by atomic mass is 79.9. The molecular weight excluding hydrogens is 361 g/mol. The molecule has 3 aromatic rings. The molecule has 0 aliphatic heterocycles. The van der Waals surface area contributed by atoms with Crippen LogP contribution in [-0.4, -0.2) is 9.97 Å². The first-order chi connectivity index (χ1) is 9.22. The van der Waals surface area contributed by atoms with Crippen LogP contribution in [0.25, 0.3) is 10.9 Å². The Morgan fingerprint density at radius 3 is 2.70 bits per heavy atom. The third-order valence-electron chi connectivity index (χ3n) is 2.68.